The summed E-state index contributed by atoms with van der Waals surface area (Å²) in [6, 6.07) is 0. The molecule has 0 aliphatic rings. The summed E-state index contributed by atoms with van der Waals surface area (Å²) in [7, 11) is 0. The molecule has 114 valence electrons. The average Bonchev–Trinajstić information content (AvgIpc) is 2.71. The van der Waals surface area contributed by atoms with Gasteiger partial charge in [-0.15, -0.1) is 11.8 Å². The van der Waals surface area contributed by atoms with E-state index in [1.807, 2.05) is 11.8 Å². The Labute approximate surface area is 167 Å². The normalized spacial score (nSPS) is 3.79. The fraction of sp³-hybridized carbons (Fsp3) is 0. The summed E-state index contributed by atoms with van der Waals surface area (Å²) in [5.41, 5.74) is 0. The molecule has 0 fully saturated rings. The molecule has 0 saturated carbocycles. The minimum atomic E-state index is 1.87. The standard InChI is InChI=1S/C28/c1-3-5-7-9-11-13-15-17-19-21-23-25-27-28-26-24-22-20-18-16-14-12-10-8-6-4-2/q-2. The van der Waals surface area contributed by atoms with Crippen molar-refractivity contribution in [1.82, 2.24) is 0 Å². The van der Waals surface area contributed by atoms with E-state index in [2.05, 4.69) is 142 Å². The van der Waals surface area contributed by atoms with Crippen molar-refractivity contribution in [3.05, 3.63) is 12.8 Å². The molecule has 0 unspecified atom stereocenters. The van der Waals surface area contributed by atoms with Crippen LogP contribution in [0.1, 0.15) is 0 Å². The molecule has 0 aromatic heterocycles. The van der Waals surface area contributed by atoms with E-state index in [0.29, 0.717) is 0 Å². The van der Waals surface area contributed by atoms with Gasteiger partial charge in [-0.05, 0) is 94.7 Å². The Morgan fingerprint density at radius 1 is 0.179 bits per heavy atom. The van der Waals surface area contributed by atoms with Crippen LogP contribution in [-0.4, -0.2) is 0 Å². The van der Waals surface area contributed by atoms with E-state index in [9.17, 15) is 0 Å². The van der Waals surface area contributed by atoms with Crippen LogP contribution in [0.15, 0.2) is 0 Å². The highest BCUT2D eigenvalue weighted by molar-refractivity contribution is 5.48. The van der Waals surface area contributed by atoms with E-state index < -0.39 is 0 Å². The topological polar surface area (TPSA) is 0 Å². The van der Waals surface area contributed by atoms with Gasteiger partial charge in [0.25, 0.3) is 0 Å². The van der Waals surface area contributed by atoms with Gasteiger partial charge in [0.2, 0.25) is 0 Å². The van der Waals surface area contributed by atoms with Crippen LogP contribution >= 0.6 is 0 Å². The minimum Gasteiger partial charge on any atom is -0.358 e. The quantitative estimate of drug-likeness (QED) is 0.438. The lowest BCUT2D eigenvalue weighted by Crippen LogP contribution is -1.57. The van der Waals surface area contributed by atoms with Gasteiger partial charge in [0.1, 0.15) is 0 Å². The van der Waals surface area contributed by atoms with E-state index >= 15 is 0 Å². The maximum Gasteiger partial charge on any atom is 0 e. The van der Waals surface area contributed by atoms with Crippen molar-refractivity contribution in [2.75, 3.05) is 0 Å². The van der Waals surface area contributed by atoms with E-state index in [4.69, 9.17) is 12.8 Å². The molecule has 0 nitrogen and oxygen atoms in total. The average molecular weight is 336 g/mol. The number of hydrogen-bond donors (Lipinski definition) is 0. The summed E-state index contributed by atoms with van der Waals surface area (Å²) in [5, 5.41) is 0. The summed E-state index contributed by atoms with van der Waals surface area (Å²) in [6.07, 6.45) is 13.0. The van der Waals surface area contributed by atoms with Crippen molar-refractivity contribution in [2.45, 2.75) is 0 Å². The molecular weight excluding hydrogens is 336 g/mol. The van der Waals surface area contributed by atoms with Crippen LogP contribution in [0.4, 0.5) is 0 Å². The van der Waals surface area contributed by atoms with Gasteiger partial charge in [0, 0.05) is 23.7 Å². The van der Waals surface area contributed by atoms with Crippen molar-refractivity contribution < 1.29 is 0 Å². The van der Waals surface area contributed by atoms with Crippen LogP contribution in [0.2, 0.25) is 0 Å². The predicted octanol–water partition coefficient (Wildman–Crippen LogP) is 0.207. The molecule has 0 spiro atoms. The highest BCUT2D eigenvalue weighted by Crippen LogP contribution is 1.59. The first-order valence-corrected chi connectivity index (χ1v) is 6.75. The van der Waals surface area contributed by atoms with Gasteiger partial charge in [-0.2, -0.15) is 0 Å². The second kappa shape index (κ2) is 20.8. The highest BCUT2D eigenvalue weighted by atomic mass is 13.6. The molecule has 28 heavy (non-hydrogen) atoms. The zero-order chi connectivity index (χ0) is 20.4. The van der Waals surface area contributed by atoms with Crippen LogP contribution in [-0.2, 0) is 0 Å². The van der Waals surface area contributed by atoms with Crippen molar-refractivity contribution in [3.8, 4) is 154 Å². The monoisotopic (exact) mass is 336 g/mol. The summed E-state index contributed by atoms with van der Waals surface area (Å²) in [6.45, 7) is 0. The van der Waals surface area contributed by atoms with Gasteiger partial charge in [-0.3, -0.25) is 11.8 Å². The Hall–Kier alpha value is -6.16. The van der Waals surface area contributed by atoms with Gasteiger partial charge < -0.3 is 12.8 Å². The van der Waals surface area contributed by atoms with Gasteiger partial charge in [-0.1, -0.05) is 0 Å². The van der Waals surface area contributed by atoms with Crippen LogP contribution in [0.3, 0.4) is 0 Å². The first-order valence-electron chi connectivity index (χ1n) is 6.75. The molecule has 0 atom stereocenters. The van der Waals surface area contributed by atoms with Gasteiger partial charge in [0.05, 0.1) is 0 Å². The van der Waals surface area contributed by atoms with Crippen LogP contribution < -0.4 is 0 Å². The van der Waals surface area contributed by atoms with E-state index in [1.54, 1.807) is 0 Å². The van der Waals surface area contributed by atoms with Crippen LogP contribution in [0.25, 0.3) is 0 Å². The molecule has 0 saturated heterocycles. The smallest absolute Gasteiger partial charge is 0 e. The lowest BCUT2D eigenvalue weighted by atomic mass is 10.4. The lowest BCUT2D eigenvalue weighted by Gasteiger charge is -1.63. The molecule has 0 aliphatic heterocycles. The fourth-order valence-corrected chi connectivity index (χ4v) is 0.750. The number of rotatable bonds is 0. The molecule has 0 aliphatic carbocycles. The molecule has 0 heteroatoms. The Morgan fingerprint density at radius 2 is 0.286 bits per heavy atom. The highest BCUT2D eigenvalue weighted by Gasteiger charge is 1.58. The Balaban J connectivity index is 4.45. The third kappa shape index (κ3) is 19.8. The SMILES string of the molecule is [C-]#CC#CC#CC#CC#CC#CC#CC#CC#CC#CC#CC#CC#CC#[C-]. The lowest BCUT2D eigenvalue weighted by molar-refractivity contribution is 2.32. The largest absolute Gasteiger partial charge is 0.358 e. The maximum absolute atomic E-state index is 6.52. The second-order valence-corrected chi connectivity index (χ2v) is 3.25. The Kier molecular flexibility index (Phi) is 16.3. The van der Waals surface area contributed by atoms with Gasteiger partial charge in [-0.25, -0.2) is 11.8 Å². The van der Waals surface area contributed by atoms with E-state index in [-0.39, 0.29) is 0 Å². The van der Waals surface area contributed by atoms with Crippen molar-refractivity contribution in [2.24, 2.45) is 0 Å². The molecule has 0 amide bonds. The van der Waals surface area contributed by atoms with Crippen molar-refractivity contribution in [3.63, 3.8) is 0 Å². The third-order valence-electron chi connectivity index (χ3n) is 1.56. The first-order chi connectivity index (χ1) is 13.9. The van der Waals surface area contributed by atoms with E-state index in [1.165, 1.54) is 0 Å². The first kappa shape index (κ1) is 21.8. The second-order valence-electron chi connectivity index (χ2n) is 3.25. The molecule has 0 N–H and O–H groups in total. The molecule has 0 rings (SSSR count). The molecule has 0 heterocycles. The molecule has 0 bridgehead atoms. The van der Waals surface area contributed by atoms with Crippen LogP contribution in [0.5, 0.6) is 0 Å². The summed E-state index contributed by atoms with van der Waals surface area (Å²) >= 11 is 0. The summed E-state index contributed by atoms with van der Waals surface area (Å²) in [4.78, 5) is 0. The fourth-order valence-electron chi connectivity index (χ4n) is 0.750. The zero-order valence-electron chi connectivity index (χ0n) is 14.0. The van der Waals surface area contributed by atoms with Gasteiger partial charge in [0.15, 0.2) is 0 Å². The maximum atomic E-state index is 6.52. The summed E-state index contributed by atoms with van der Waals surface area (Å²) in [5.74, 6) is 62.0. The summed E-state index contributed by atoms with van der Waals surface area (Å²) < 4.78 is 0. The van der Waals surface area contributed by atoms with E-state index in [0.717, 1.165) is 0 Å². The van der Waals surface area contributed by atoms with Gasteiger partial charge >= 0.3 is 0 Å². The molecule has 0 aromatic rings. The molecular formula is C28-2. The zero-order valence-corrected chi connectivity index (χ0v) is 14.0. The predicted molar refractivity (Wildman–Crippen MR) is 108 cm³/mol. The van der Waals surface area contributed by atoms with Crippen molar-refractivity contribution in [1.29, 1.82) is 0 Å². The molecule has 0 radical (unpaired) electrons. The third-order valence-corrected chi connectivity index (χ3v) is 1.56. The molecule has 0 aromatic carbocycles. The minimum absolute atomic E-state index is 1.87. The van der Waals surface area contributed by atoms with Crippen LogP contribution in [0, 0.1) is 167 Å². The number of hydrogen-bond acceptors (Lipinski definition) is 0. The van der Waals surface area contributed by atoms with Crippen molar-refractivity contribution >= 4 is 0 Å². The Bertz CT molecular complexity index is 1350. The Morgan fingerprint density at radius 3 is 0.393 bits per heavy atom.